The number of carbonyl (C=O) groups is 3. The van der Waals surface area contributed by atoms with Gasteiger partial charge in [-0.15, -0.1) is 0 Å². The number of hydrogen-bond acceptors (Lipinski definition) is 6. The summed E-state index contributed by atoms with van der Waals surface area (Å²) in [6, 6.07) is 5.41. The number of carboxylic acid groups (broad SMARTS) is 1. The molecule has 0 aromatic heterocycles. The normalized spacial score (nSPS) is 20.1. The molecule has 8 nitrogen and oxygen atoms in total. The van der Waals surface area contributed by atoms with E-state index >= 15 is 0 Å². The van der Waals surface area contributed by atoms with E-state index < -0.39 is 24.1 Å². The fourth-order valence-electron chi connectivity index (χ4n) is 5.24. The zero-order valence-corrected chi connectivity index (χ0v) is 21.1. The number of fused-ring (bicyclic) bond motifs is 1. The number of carboxylic acids is 1. The van der Waals surface area contributed by atoms with Crippen molar-refractivity contribution in [1.82, 2.24) is 15.5 Å². The van der Waals surface area contributed by atoms with Crippen LogP contribution in [0.25, 0.3) is 0 Å². The quantitative estimate of drug-likeness (QED) is 0.307. The molecule has 0 unspecified atom stereocenters. The van der Waals surface area contributed by atoms with E-state index in [-0.39, 0.29) is 31.4 Å². The number of nitrogens with one attached hydrogen (secondary N) is 2. The van der Waals surface area contributed by atoms with E-state index in [2.05, 4.69) is 10.6 Å². The monoisotopic (exact) mass is 487 g/mol. The topological polar surface area (TPSA) is 108 Å². The number of ether oxygens (including phenoxy) is 1. The Balaban J connectivity index is 1.56. The first-order chi connectivity index (χ1) is 16.9. The second-order valence-electron chi connectivity index (χ2n) is 9.82. The van der Waals surface area contributed by atoms with E-state index in [1.165, 1.54) is 24.2 Å². The number of aliphatic carboxylic acids is 1. The highest BCUT2D eigenvalue weighted by atomic mass is 16.5. The second-order valence-corrected chi connectivity index (χ2v) is 9.82. The van der Waals surface area contributed by atoms with Gasteiger partial charge in [-0.05, 0) is 63.2 Å². The minimum absolute atomic E-state index is 0.249. The average molecular weight is 488 g/mol. The predicted molar refractivity (Wildman–Crippen MR) is 134 cm³/mol. The first-order valence-electron chi connectivity index (χ1n) is 13.1. The van der Waals surface area contributed by atoms with Crippen LogP contribution >= 0.6 is 0 Å². The standard InChI is InChI=1S/C27H41N3O5/c1-3-35-27(34)23(12-6-4-5-9-20-13-15-28-16-14-20)29-19(2)25(31)30-18-22-11-8-7-10-21(22)17-24(30)26(32)33/h7-8,10-11,19-20,23-24,28-29H,3-6,9,12-18H2,1-2H3,(H,32,33)/t19-,23-,24-/m0/s1. The lowest BCUT2D eigenvalue weighted by Gasteiger charge is -2.36. The van der Waals surface area contributed by atoms with Crippen LogP contribution in [0.15, 0.2) is 24.3 Å². The fourth-order valence-corrected chi connectivity index (χ4v) is 5.24. The van der Waals surface area contributed by atoms with Crippen molar-refractivity contribution in [2.45, 2.75) is 89.9 Å². The summed E-state index contributed by atoms with van der Waals surface area (Å²) in [7, 11) is 0. The molecule has 1 fully saturated rings. The van der Waals surface area contributed by atoms with Crippen molar-refractivity contribution in [2.24, 2.45) is 5.92 Å². The van der Waals surface area contributed by atoms with E-state index in [9.17, 15) is 19.5 Å². The number of unbranched alkanes of at least 4 members (excludes halogenated alkanes) is 2. The van der Waals surface area contributed by atoms with Crippen LogP contribution in [0.5, 0.6) is 0 Å². The largest absolute Gasteiger partial charge is 0.480 e. The Hall–Kier alpha value is -2.45. The van der Waals surface area contributed by atoms with Crippen LogP contribution in [-0.4, -0.2) is 65.7 Å². The number of hydrogen-bond donors (Lipinski definition) is 3. The Morgan fingerprint density at radius 2 is 1.86 bits per heavy atom. The summed E-state index contributed by atoms with van der Waals surface area (Å²) in [5.41, 5.74) is 1.92. The van der Waals surface area contributed by atoms with Gasteiger partial charge in [-0.2, -0.15) is 0 Å². The number of piperidine rings is 1. The average Bonchev–Trinajstić information content (AvgIpc) is 2.87. The third kappa shape index (κ3) is 7.77. The fraction of sp³-hybridized carbons (Fsp3) is 0.667. The summed E-state index contributed by atoms with van der Waals surface area (Å²) < 4.78 is 5.26. The van der Waals surface area contributed by atoms with E-state index in [1.807, 2.05) is 24.3 Å². The molecule has 1 aromatic rings. The molecule has 0 saturated carbocycles. The van der Waals surface area contributed by atoms with Crippen LogP contribution < -0.4 is 10.6 Å². The van der Waals surface area contributed by atoms with Gasteiger partial charge in [-0.3, -0.25) is 14.9 Å². The minimum atomic E-state index is -1.02. The van der Waals surface area contributed by atoms with Crippen LogP contribution in [0.1, 0.15) is 69.9 Å². The maximum absolute atomic E-state index is 13.3. The van der Waals surface area contributed by atoms with Crippen molar-refractivity contribution in [3.05, 3.63) is 35.4 Å². The van der Waals surface area contributed by atoms with Crippen molar-refractivity contribution in [3.63, 3.8) is 0 Å². The molecular weight excluding hydrogens is 446 g/mol. The Morgan fingerprint density at radius 3 is 2.54 bits per heavy atom. The summed E-state index contributed by atoms with van der Waals surface area (Å²) in [5.74, 6) is -0.892. The van der Waals surface area contributed by atoms with Crippen molar-refractivity contribution in [1.29, 1.82) is 0 Å². The molecule has 1 aromatic carbocycles. The molecule has 1 amide bonds. The molecule has 2 heterocycles. The molecule has 1 saturated heterocycles. The molecule has 2 aliphatic heterocycles. The lowest BCUT2D eigenvalue weighted by Crippen LogP contribution is -2.56. The predicted octanol–water partition coefficient (Wildman–Crippen LogP) is 2.88. The zero-order valence-electron chi connectivity index (χ0n) is 21.1. The molecule has 0 radical (unpaired) electrons. The number of nitrogens with zero attached hydrogens (tertiary/aromatic N) is 1. The molecule has 8 heteroatoms. The highest BCUT2D eigenvalue weighted by Gasteiger charge is 2.37. The van der Waals surface area contributed by atoms with Gasteiger partial charge in [0.2, 0.25) is 5.91 Å². The molecule has 0 aliphatic carbocycles. The molecule has 0 bridgehead atoms. The molecule has 3 N–H and O–H groups in total. The Morgan fingerprint density at radius 1 is 1.14 bits per heavy atom. The van der Waals surface area contributed by atoms with Gasteiger partial charge in [0.1, 0.15) is 12.1 Å². The number of benzene rings is 1. The number of rotatable bonds is 12. The number of carbonyl (C=O) groups excluding carboxylic acids is 2. The lowest BCUT2D eigenvalue weighted by atomic mass is 9.92. The summed E-state index contributed by atoms with van der Waals surface area (Å²) in [6.45, 7) is 6.21. The highest BCUT2D eigenvalue weighted by Crippen LogP contribution is 2.25. The van der Waals surface area contributed by atoms with Gasteiger partial charge >= 0.3 is 11.9 Å². The molecular formula is C27H41N3O5. The van der Waals surface area contributed by atoms with Gasteiger partial charge in [0, 0.05) is 13.0 Å². The first-order valence-corrected chi connectivity index (χ1v) is 13.1. The van der Waals surface area contributed by atoms with Gasteiger partial charge in [-0.25, -0.2) is 4.79 Å². The maximum Gasteiger partial charge on any atom is 0.326 e. The van der Waals surface area contributed by atoms with Gasteiger partial charge in [-0.1, -0.05) is 49.9 Å². The van der Waals surface area contributed by atoms with Gasteiger partial charge < -0.3 is 20.1 Å². The minimum Gasteiger partial charge on any atom is -0.480 e. The lowest BCUT2D eigenvalue weighted by molar-refractivity contribution is -0.153. The van der Waals surface area contributed by atoms with Crippen molar-refractivity contribution >= 4 is 17.8 Å². The zero-order chi connectivity index (χ0) is 25.2. The van der Waals surface area contributed by atoms with E-state index in [0.717, 1.165) is 49.4 Å². The van der Waals surface area contributed by atoms with Crippen molar-refractivity contribution in [3.8, 4) is 0 Å². The molecule has 0 spiro atoms. The van der Waals surface area contributed by atoms with Crippen LogP contribution in [0, 0.1) is 5.92 Å². The van der Waals surface area contributed by atoms with Crippen LogP contribution in [0.3, 0.4) is 0 Å². The van der Waals surface area contributed by atoms with E-state index in [4.69, 9.17) is 4.74 Å². The Labute approximate surface area is 208 Å². The highest BCUT2D eigenvalue weighted by molar-refractivity contribution is 5.88. The van der Waals surface area contributed by atoms with Crippen molar-refractivity contribution < 1.29 is 24.2 Å². The second kappa shape index (κ2) is 13.6. The van der Waals surface area contributed by atoms with E-state index in [1.54, 1.807) is 13.8 Å². The van der Waals surface area contributed by atoms with E-state index in [0.29, 0.717) is 6.42 Å². The van der Waals surface area contributed by atoms with Gasteiger partial charge in [0.15, 0.2) is 0 Å². The van der Waals surface area contributed by atoms with Crippen molar-refractivity contribution in [2.75, 3.05) is 19.7 Å². The molecule has 3 rings (SSSR count). The van der Waals surface area contributed by atoms with Crippen LogP contribution in [0.4, 0.5) is 0 Å². The third-order valence-corrected chi connectivity index (χ3v) is 7.27. The maximum atomic E-state index is 13.3. The molecule has 2 aliphatic rings. The van der Waals surface area contributed by atoms with Crippen LogP contribution in [0.2, 0.25) is 0 Å². The number of esters is 1. The number of amides is 1. The van der Waals surface area contributed by atoms with Crippen LogP contribution in [-0.2, 0) is 32.1 Å². The first kappa shape index (κ1) is 27.1. The Kier molecular flexibility index (Phi) is 10.5. The Bertz CT molecular complexity index is 855. The molecule has 3 atom stereocenters. The summed E-state index contributed by atoms with van der Waals surface area (Å²) >= 11 is 0. The SMILES string of the molecule is CCOC(=O)[C@H](CCCCCC1CCNCC1)N[C@@H](C)C(=O)N1Cc2ccccc2C[C@H]1C(=O)O. The summed E-state index contributed by atoms with van der Waals surface area (Å²) in [5, 5.41) is 16.3. The van der Waals surface area contributed by atoms with Gasteiger partial charge in [0.05, 0.1) is 12.6 Å². The molecule has 35 heavy (non-hydrogen) atoms. The summed E-state index contributed by atoms with van der Waals surface area (Å²) in [6.07, 6.45) is 7.63. The molecule has 194 valence electrons. The smallest absolute Gasteiger partial charge is 0.326 e. The summed E-state index contributed by atoms with van der Waals surface area (Å²) in [4.78, 5) is 39.3. The van der Waals surface area contributed by atoms with Gasteiger partial charge in [0.25, 0.3) is 0 Å². The third-order valence-electron chi connectivity index (χ3n) is 7.27.